The minimum absolute atomic E-state index is 0.0326. The molecule has 1 fully saturated rings. The van der Waals surface area contributed by atoms with Gasteiger partial charge < -0.3 is 25.2 Å². The van der Waals surface area contributed by atoms with E-state index in [0.29, 0.717) is 12.1 Å². The molecule has 2 amide bonds. The summed E-state index contributed by atoms with van der Waals surface area (Å²) in [7, 11) is 1.33. The highest BCUT2D eigenvalue weighted by molar-refractivity contribution is 5.97. The van der Waals surface area contributed by atoms with Gasteiger partial charge in [0.15, 0.2) is 12.2 Å². The molecule has 33 heavy (non-hydrogen) atoms. The van der Waals surface area contributed by atoms with Gasteiger partial charge in [-0.05, 0) is 42.0 Å². The fraction of sp³-hybridized carbons (Fsp3) is 0.400. The summed E-state index contributed by atoms with van der Waals surface area (Å²) in [5, 5.41) is 23.0. The van der Waals surface area contributed by atoms with Crippen molar-refractivity contribution in [2.45, 2.75) is 51.0 Å². The van der Waals surface area contributed by atoms with Crippen molar-refractivity contribution < 1.29 is 29.3 Å². The number of carbonyl (C=O) groups is 3. The number of esters is 1. The minimum Gasteiger partial charge on any atom is -0.465 e. The summed E-state index contributed by atoms with van der Waals surface area (Å²) in [6, 6.07) is 14.3. The number of nitrogens with one attached hydrogen (secondary N) is 1. The van der Waals surface area contributed by atoms with E-state index in [9.17, 15) is 24.6 Å². The number of aliphatic hydroxyl groups is 2. The Bertz CT molecular complexity index is 991. The topological polar surface area (TPSA) is 116 Å². The highest BCUT2D eigenvalue weighted by Crippen LogP contribution is 2.25. The quantitative estimate of drug-likeness (QED) is 0.525. The van der Waals surface area contributed by atoms with Crippen LogP contribution in [0.1, 0.15) is 42.1 Å². The van der Waals surface area contributed by atoms with Crippen molar-refractivity contribution >= 4 is 17.8 Å². The van der Waals surface area contributed by atoms with Crippen LogP contribution in [0, 0.1) is 0 Å². The van der Waals surface area contributed by atoms with Crippen molar-refractivity contribution in [3.63, 3.8) is 0 Å². The number of amides is 2. The van der Waals surface area contributed by atoms with Gasteiger partial charge in [0.2, 0.25) is 0 Å². The molecule has 8 nitrogen and oxygen atoms in total. The second kappa shape index (κ2) is 11.1. The Balaban J connectivity index is 1.59. The zero-order valence-corrected chi connectivity index (χ0v) is 18.9. The lowest BCUT2D eigenvalue weighted by Crippen LogP contribution is -2.51. The molecule has 1 aliphatic heterocycles. The van der Waals surface area contributed by atoms with Crippen LogP contribution in [0.3, 0.4) is 0 Å². The molecule has 0 radical (unpaired) electrons. The van der Waals surface area contributed by atoms with E-state index in [-0.39, 0.29) is 12.6 Å². The second-order valence-corrected chi connectivity index (χ2v) is 8.08. The third kappa shape index (κ3) is 5.58. The molecular formula is C25H30N2O6. The van der Waals surface area contributed by atoms with Crippen molar-refractivity contribution in [1.29, 1.82) is 0 Å². The minimum atomic E-state index is -1.85. The number of aliphatic hydroxyl groups excluding tert-OH is 2. The summed E-state index contributed by atoms with van der Waals surface area (Å²) in [6.07, 6.45) is -1.17. The van der Waals surface area contributed by atoms with E-state index < -0.39 is 30.0 Å². The van der Waals surface area contributed by atoms with Crippen LogP contribution in [0.15, 0.2) is 48.5 Å². The van der Waals surface area contributed by atoms with Crippen LogP contribution in [0.5, 0.6) is 0 Å². The first-order valence-corrected chi connectivity index (χ1v) is 11.1. The van der Waals surface area contributed by atoms with E-state index in [2.05, 4.69) is 5.32 Å². The zero-order valence-electron chi connectivity index (χ0n) is 18.9. The Kier molecular flexibility index (Phi) is 8.19. The first-order valence-electron chi connectivity index (χ1n) is 11.1. The van der Waals surface area contributed by atoms with Crippen LogP contribution in [0.4, 0.5) is 0 Å². The lowest BCUT2D eigenvalue weighted by Gasteiger charge is -2.27. The van der Waals surface area contributed by atoms with Gasteiger partial charge in [0, 0.05) is 19.1 Å². The molecular weight excluding hydrogens is 424 g/mol. The monoisotopic (exact) mass is 454 g/mol. The van der Waals surface area contributed by atoms with Crippen LogP contribution in [-0.4, -0.2) is 64.8 Å². The first kappa shape index (κ1) is 24.4. The van der Waals surface area contributed by atoms with Gasteiger partial charge in [0.05, 0.1) is 12.7 Å². The Morgan fingerprint density at radius 3 is 2.45 bits per heavy atom. The number of hydrogen-bond acceptors (Lipinski definition) is 6. The summed E-state index contributed by atoms with van der Waals surface area (Å²) in [5.74, 6) is -1.86. The number of rotatable bonds is 8. The van der Waals surface area contributed by atoms with Crippen molar-refractivity contribution in [1.82, 2.24) is 10.2 Å². The van der Waals surface area contributed by atoms with E-state index >= 15 is 0 Å². The van der Waals surface area contributed by atoms with Gasteiger partial charge in [-0.15, -0.1) is 0 Å². The summed E-state index contributed by atoms with van der Waals surface area (Å²) in [6.45, 7) is 2.59. The van der Waals surface area contributed by atoms with E-state index in [4.69, 9.17) is 4.74 Å². The maximum absolute atomic E-state index is 12.5. The van der Waals surface area contributed by atoms with Gasteiger partial charge in [-0.3, -0.25) is 9.59 Å². The summed E-state index contributed by atoms with van der Waals surface area (Å²) in [4.78, 5) is 38.4. The predicted molar refractivity (Wildman–Crippen MR) is 122 cm³/mol. The summed E-state index contributed by atoms with van der Waals surface area (Å²) in [5.41, 5.74) is 2.74. The van der Waals surface area contributed by atoms with Crippen molar-refractivity contribution in [2.24, 2.45) is 0 Å². The molecule has 1 heterocycles. The number of ether oxygens (including phenoxy) is 1. The van der Waals surface area contributed by atoms with Crippen LogP contribution >= 0.6 is 0 Å². The first-order chi connectivity index (χ1) is 15.9. The van der Waals surface area contributed by atoms with Gasteiger partial charge in [-0.25, -0.2) is 4.79 Å². The number of nitrogens with zero attached hydrogens (tertiary/aromatic N) is 1. The summed E-state index contributed by atoms with van der Waals surface area (Å²) >= 11 is 0. The molecule has 2 aromatic carbocycles. The van der Waals surface area contributed by atoms with Crippen LogP contribution in [-0.2, 0) is 20.9 Å². The molecule has 3 N–H and O–H groups in total. The maximum atomic E-state index is 12.5. The molecule has 0 bridgehead atoms. The lowest BCUT2D eigenvalue weighted by atomic mass is 9.98. The van der Waals surface area contributed by atoms with Crippen molar-refractivity contribution in [3.8, 4) is 11.1 Å². The molecule has 1 unspecified atom stereocenters. The van der Waals surface area contributed by atoms with E-state index in [1.54, 1.807) is 29.2 Å². The number of hydrogen-bond donors (Lipinski definition) is 3. The molecule has 3 atom stereocenters. The highest BCUT2D eigenvalue weighted by atomic mass is 16.5. The normalized spacial score (nSPS) is 17.3. The predicted octanol–water partition coefficient (Wildman–Crippen LogP) is 1.88. The lowest BCUT2D eigenvalue weighted by molar-refractivity contribution is -0.153. The Hall–Kier alpha value is -3.23. The smallest absolute Gasteiger partial charge is 0.338 e. The molecule has 0 saturated carbocycles. The number of carbonyl (C=O) groups excluding carboxylic acids is 3. The maximum Gasteiger partial charge on any atom is 0.338 e. The number of benzene rings is 2. The van der Waals surface area contributed by atoms with Gasteiger partial charge in [-0.1, -0.05) is 49.4 Å². The molecule has 0 aliphatic carbocycles. The standard InChI is InChI=1S/C25H30N2O6/c1-3-18-7-6-14-27(18)24(31)22(29)21(28)23(30)26-15-16-10-12-17(13-11-16)19-8-4-5-9-20(19)25(32)33-2/h4-5,8-13,18,21-22,28-29H,3,6-7,14-15H2,1-2H3,(H,26,30)/t18-,21+,22?/m0/s1. The second-order valence-electron chi connectivity index (χ2n) is 8.08. The average Bonchev–Trinajstić information content (AvgIpc) is 3.34. The number of methoxy groups -OCH3 is 1. The van der Waals surface area contributed by atoms with E-state index in [1.165, 1.54) is 7.11 Å². The van der Waals surface area contributed by atoms with Gasteiger partial charge in [-0.2, -0.15) is 0 Å². The Morgan fingerprint density at radius 2 is 1.79 bits per heavy atom. The van der Waals surface area contributed by atoms with E-state index in [0.717, 1.165) is 36.0 Å². The SMILES string of the molecule is CC[C@H]1CCCN1C(=O)C(O)[C@@H](O)C(=O)NCc1ccc(-c2ccccc2C(=O)OC)cc1. The van der Waals surface area contributed by atoms with Crippen LogP contribution < -0.4 is 5.32 Å². The summed E-state index contributed by atoms with van der Waals surface area (Å²) < 4.78 is 4.83. The zero-order chi connectivity index (χ0) is 24.0. The van der Waals surface area contributed by atoms with Gasteiger partial charge >= 0.3 is 5.97 Å². The molecule has 0 aromatic heterocycles. The number of likely N-dealkylation sites (tertiary alicyclic amines) is 1. The largest absolute Gasteiger partial charge is 0.465 e. The van der Waals surface area contributed by atoms with Gasteiger partial charge in [0.1, 0.15) is 0 Å². The van der Waals surface area contributed by atoms with Crippen LogP contribution in [0.2, 0.25) is 0 Å². The third-order valence-corrected chi connectivity index (χ3v) is 6.02. The molecule has 2 aromatic rings. The molecule has 1 aliphatic rings. The average molecular weight is 455 g/mol. The van der Waals surface area contributed by atoms with Crippen LogP contribution in [0.25, 0.3) is 11.1 Å². The molecule has 1 saturated heterocycles. The van der Waals surface area contributed by atoms with E-state index in [1.807, 2.05) is 31.2 Å². The van der Waals surface area contributed by atoms with Crippen molar-refractivity contribution in [3.05, 3.63) is 59.7 Å². The molecule has 8 heteroatoms. The Labute approximate surface area is 193 Å². The molecule has 176 valence electrons. The molecule has 3 rings (SSSR count). The molecule has 0 spiro atoms. The van der Waals surface area contributed by atoms with Crippen molar-refractivity contribution in [2.75, 3.05) is 13.7 Å². The fourth-order valence-corrected chi connectivity index (χ4v) is 4.12. The third-order valence-electron chi connectivity index (χ3n) is 6.02. The fourth-order valence-electron chi connectivity index (χ4n) is 4.12. The highest BCUT2D eigenvalue weighted by Gasteiger charge is 2.37. The van der Waals surface area contributed by atoms with Gasteiger partial charge in [0.25, 0.3) is 11.8 Å². The Morgan fingerprint density at radius 1 is 1.09 bits per heavy atom.